The van der Waals surface area contributed by atoms with Gasteiger partial charge in [-0.15, -0.1) is 0 Å². The maximum Gasteiger partial charge on any atom is 0.234 e. The van der Waals surface area contributed by atoms with Crippen molar-refractivity contribution in [2.45, 2.75) is 46.1 Å². The molecule has 6 nitrogen and oxygen atoms in total. The van der Waals surface area contributed by atoms with Crippen molar-refractivity contribution >= 4 is 29.1 Å². The first-order valence-electron chi connectivity index (χ1n) is 8.24. The number of thiocarbonyl (C=S) groups is 1. The van der Waals surface area contributed by atoms with Crippen molar-refractivity contribution in [3.8, 4) is 5.88 Å². The molecule has 1 saturated heterocycles. The molecule has 1 aliphatic heterocycles. The van der Waals surface area contributed by atoms with E-state index in [4.69, 9.17) is 17.0 Å². The van der Waals surface area contributed by atoms with Gasteiger partial charge in [-0.2, -0.15) is 9.97 Å². The van der Waals surface area contributed by atoms with Crippen LogP contribution in [0.25, 0.3) is 0 Å². The molecule has 0 radical (unpaired) electrons. The SMILES string of the molecule is COc1cc(N2CCCC[C@@H]2C)nc(NC(=S)NCC(C)C)n1. The van der Waals surface area contributed by atoms with Crippen LogP contribution in [-0.2, 0) is 0 Å². The zero-order chi connectivity index (χ0) is 16.8. The number of methoxy groups -OCH3 is 1. The first-order chi connectivity index (χ1) is 11.0. The van der Waals surface area contributed by atoms with Gasteiger partial charge in [0.1, 0.15) is 5.82 Å². The average molecular weight is 337 g/mol. The Morgan fingerprint density at radius 1 is 1.43 bits per heavy atom. The average Bonchev–Trinajstić information content (AvgIpc) is 2.53. The third-order valence-electron chi connectivity index (χ3n) is 3.89. The summed E-state index contributed by atoms with van der Waals surface area (Å²) in [6, 6.07) is 2.36. The van der Waals surface area contributed by atoms with Crippen molar-refractivity contribution in [2.75, 3.05) is 30.4 Å². The largest absolute Gasteiger partial charge is 0.481 e. The molecule has 0 spiro atoms. The van der Waals surface area contributed by atoms with Gasteiger partial charge in [0.2, 0.25) is 11.8 Å². The third kappa shape index (κ3) is 5.20. The van der Waals surface area contributed by atoms with Crippen molar-refractivity contribution in [2.24, 2.45) is 5.92 Å². The standard InChI is InChI=1S/C16H27N5OS/c1-11(2)10-17-16(23)20-15-18-13(9-14(19-15)22-4)21-8-6-5-7-12(21)3/h9,11-12H,5-8,10H2,1-4H3,(H2,17,18,19,20,23)/t12-/m0/s1. The lowest BCUT2D eigenvalue weighted by molar-refractivity contribution is 0.396. The van der Waals surface area contributed by atoms with E-state index in [2.05, 4.69) is 46.3 Å². The lowest BCUT2D eigenvalue weighted by atomic mass is 10.0. The zero-order valence-corrected chi connectivity index (χ0v) is 15.2. The van der Waals surface area contributed by atoms with Crippen molar-refractivity contribution in [3.63, 3.8) is 0 Å². The highest BCUT2D eigenvalue weighted by molar-refractivity contribution is 7.80. The van der Waals surface area contributed by atoms with Crippen molar-refractivity contribution in [1.29, 1.82) is 0 Å². The molecule has 0 saturated carbocycles. The Hall–Kier alpha value is -1.63. The first-order valence-corrected chi connectivity index (χ1v) is 8.65. The van der Waals surface area contributed by atoms with Crippen LogP contribution in [0, 0.1) is 5.92 Å². The van der Waals surface area contributed by atoms with Gasteiger partial charge in [0.25, 0.3) is 0 Å². The van der Waals surface area contributed by atoms with E-state index in [0.29, 0.717) is 28.9 Å². The minimum atomic E-state index is 0.471. The summed E-state index contributed by atoms with van der Waals surface area (Å²) in [6.45, 7) is 8.32. The lowest BCUT2D eigenvalue weighted by Crippen LogP contribution is -2.38. The fourth-order valence-corrected chi connectivity index (χ4v) is 2.78. The number of ether oxygens (including phenoxy) is 1. The molecule has 1 aromatic rings. The van der Waals surface area contributed by atoms with Gasteiger partial charge < -0.3 is 20.3 Å². The van der Waals surface area contributed by atoms with Crippen LogP contribution >= 0.6 is 12.2 Å². The van der Waals surface area contributed by atoms with E-state index in [0.717, 1.165) is 18.9 Å². The second kappa shape index (κ2) is 8.29. The van der Waals surface area contributed by atoms with Crippen LogP contribution in [0.1, 0.15) is 40.0 Å². The van der Waals surface area contributed by atoms with Gasteiger partial charge in [0.15, 0.2) is 5.11 Å². The van der Waals surface area contributed by atoms with Crippen LogP contribution in [0.4, 0.5) is 11.8 Å². The number of nitrogens with zero attached hydrogens (tertiary/aromatic N) is 3. The Morgan fingerprint density at radius 3 is 2.87 bits per heavy atom. The Morgan fingerprint density at radius 2 is 2.22 bits per heavy atom. The highest BCUT2D eigenvalue weighted by atomic mass is 32.1. The highest BCUT2D eigenvalue weighted by Crippen LogP contribution is 2.26. The number of piperidine rings is 1. The summed E-state index contributed by atoms with van der Waals surface area (Å²) in [6.07, 6.45) is 3.64. The van der Waals surface area contributed by atoms with E-state index < -0.39 is 0 Å². The zero-order valence-electron chi connectivity index (χ0n) is 14.4. The van der Waals surface area contributed by atoms with Crippen LogP contribution in [-0.4, -0.2) is 41.3 Å². The smallest absolute Gasteiger partial charge is 0.234 e. The number of rotatable bonds is 5. The van der Waals surface area contributed by atoms with E-state index in [1.54, 1.807) is 7.11 Å². The van der Waals surface area contributed by atoms with E-state index in [-0.39, 0.29) is 0 Å². The predicted molar refractivity (Wildman–Crippen MR) is 98.3 cm³/mol. The molecule has 0 aliphatic carbocycles. The number of aromatic nitrogens is 2. The molecule has 0 unspecified atom stereocenters. The predicted octanol–water partition coefficient (Wildman–Crippen LogP) is 2.81. The van der Waals surface area contributed by atoms with Crippen LogP contribution in [0.5, 0.6) is 5.88 Å². The summed E-state index contributed by atoms with van der Waals surface area (Å²) < 4.78 is 5.32. The second-order valence-electron chi connectivity index (χ2n) is 6.36. The Kier molecular flexibility index (Phi) is 6.38. The fourth-order valence-electron chi connectivity index (χ4n) is 2.60. The minimum Gasteiger partial charge on any atom is -0.481 e. The molecule has 2 N–H and O–H groups in total. The lowest BCUT2D eigenvalue weighted by Gasteiger charge is -2.34. The normalized spacial score (nSPS) is 18.0. The van der Waals surface area contributed by atoms with Gasteiger partial charge in [-0.25, -0.2) is 0 Å². The Labute approximate surface area is 144 Å². The van der Waals surface area contributed by atoms with E-state index in [1.807, 2.05) is 6.07 Å². The molecule has 0 amide bonds. The molecule has 1 atom stereocenters. The molecule has 7 heteroatoms. The third-order valence-corrected chi connectivity index (χ3v) is 4.14. The first kappa shape index (κ1) is 17.7. The van der Waals surface area contributed by atoms with Crippen LogP contribution in [0.3, 0.4) is 0 Å². The monoisotopic (exact) mass is 337 g/mol. The molecular weight excluding hydrogens is 310 g/mol. The molecule has 23 heavy (non-hydrogen) atoms. The van der Waals surface area contributed by atoms with E-state index >= 15 is 0 Å². The number of nitrogens with one attached hydrogen (secondary N) is 2. The quantitative estimate of drug-likeness (QED) is 0.801. The van der Waals surface area contributed by atoms with E-state index in [9.17, 15) is 0 Å². The van der Waals surface area contributed by atoms with Gasteiger partial charge in [-0.1, -0.05) is 13.8 Å². The molecule has 0 aromatic carbocycles. The molecule has 1 fully saturated rings. The summed E-state index contributed by atoms with van der Waals surface area (Å²) in [4.78, 5) is 11.3. The van der Waals surface area contributed by atoms with Gasteiger partial charge in [-0.3, -0.25) is 0 Å². The van der Waals surface area contributed by atoms with Gasteiger partial charge in [-0.05, 0) is 44.3 Å². The van der Waals surface area contributed by atoms with Crippen molar-refractivity contribution in [1.82, 2.24) is 15.3 Å². The molecular formula is C16H27N5OS. The molecule has 128 valence electrons. The number of hydrogen-bond acceptors (Lipinski definition) is 5. The van der Waals surface area contributed by atoms with E-state index in [1.165, 1.54) is 19.3 Å². The summed E-state index contributed by atoms with van der Waals surface area (Å²) in [7, 11) is 1.62. The summed E-state index contributed by atoms with van der Waals surface area (Å²) in [5, 5.41) is 6.75. The van der Waals surface area contributed by atoms with Crippen LogP contribution in [0.15, 0.2) is 6.07 Å². The summed E-state index contributed by atoms with van der Waals surface area (Å²) in [5.74, 6) is 2.42. The van der Waals surface area contributed by atoms with Gasteiger partial charge in [0.05, 0.1) is 7.11 Å². The number of anilines is 2. The molecule has 0 bridgehead atoms. The van der Waals surface area contributed by atoms with Crippen LogP contribution < -0.4 is 20.3 Å². The minimum absolute atomic E-state index is 0.471. The fraction of sp³-hybridized carbons (Fsp3) is 0.688. The topological polar surface area (TPSA) is 62.3 Å². The van der Waals surface area contributed by atoms with Crippen molar-refractivity contribution in [3.05, 3.63) is 6.07 Å². The molecule has 1 aliphatic rings. The second-order valence-corrected chi connectivity index (χ2v) is 6.77. The van der Waals surface area contributed by atoms with Gasteiger partial charge in [0, 0.05) is 25.2 Å². The maximum atomic E-state index is 5.32. The van der Waals surface area contributed by atoms with Crippen molar-refractivity contribution < 1.29 is 4.74 Å². The Bertz CT molecular complexity index is 537. The number of hydrogen-bond donors (Lipinski definition) is 2. The summed E-state index contributed by atoms with van der Waals surface area (Å²) in [5.41, 5.74) is 0. The molecule has 1 aromatic heterocycles. The molecule has 2 heterocycles. The molecule has 2 rings (SSSR count). The maximum absolute atomic E-state index is 5.32. The van der Waals surface area contributed by atoms with Gasteiger partial charge >= 0.3 is 0 Å². The Balaban J connectivity index is 2.13. The summed E-state index contributed by atoms with van der Waals surface area (Å²) >= 11 is 5.30. The highest BCUT2D eigenvalue weighted by Gasteiger charge is 2.21. The van der Waals surface area contributed by atoms with Crippen LogP contribution in [0.2, 0.25) is 0 Å².